The summed E-state index contributed by atoms with van der Waals surface area (Å²) >= 11 is 3.62. The zero-order valence-electron chi connectivity index (χ0n) is 16.7. The van der Waals surface area contributed by atoms with Gasteiger partial charge in [0.1, 0.15) is 11.4 Å². The van der Waals surface area contributed by atoms with Gasteiger partial charge >= 0.3 is 6.09 Å². The molecule has 2 aliphatic rings. The summed E-state index contributed by atoms with van der Waals surface area (Å²) in [5.74, 6) is 0.635. The second-order valence-electron chi connectivity index (χ2n) is 7.34. The number of halogens is 1. The zero-order chi connectivity index (χ0) is 19.3. The summed E-state index contributed by atoms with van der Waals surface area (Å²) in [6.07, 6.45) is 2.12. The maximum atomic E-state index is 12.4. The van der Waals surface area contributed by atoms with Crippen molar-refractivity contribution in [1.82, 2.24) is 9.88 Å². The van der Waals surface area contributed by atoms with Crippen molar-refractivity contribution in [1.29, 1.82) is 0 Å². The topological polar surface area (TPSA) is 45.7 Å². The average molecular weight is 385 g/mol. The van der Waals surface area contributed by atoms with Gasteiger partial charge in [-0.15, -0.1) is 0 Å². The number of carbonyl (C=O) groups is 1. The molecule has 1 aromatic heterocycles. The first-order chi connectivity index (χ1) is 11.9. The summed E-state index contributed by atoms with van der Waals surface area (Å²) in [6, 6.07) is 3.41. The van der Waals surface area contributed by atoms with Crippen LogP contribution in [0.2, 0.25) is 0 Å². The summed E-state index contributed by atoms with van der Waals surface area (Å²) in [5.41, 5.74) is 0.261. The smallest absolute Gasteiger partial charge is 0.410 e. The molecule has 3 heterocycles. The van der Waals surface area contributed by atoms with Crippen LogP contribution in [0.5, 0.6) is 0 Å². The fourth-order valence-electron chi connectivity index (χ4n) is 3.24. The van der Waals surface area contributed by atoms with Gasteiger partial charge in [0.25, 0.3) is 0 Å². The van der Waals surface area contributed by atoms with Crippen molar-refractivity contribution < 1.29 is 13.6 Å². The van der Waals surface area contributed by atoms with Gasteiger partial charge in [-0.05, 0) is 58.5 Å². The number of nitrogens with zero attached hydrogens (tertiary/aromatic N) is 3. The summed E-state index contributed by atoms with van der Waals surface area (Å²) < 4.78 is 30.2. The molecule has 2 aliphatic heterocycles. The number of pyridine rings is 1. The van der Waals surface area contributed by atoms with E-state index in [0.717, 1.165) is 24.8 Å². The van der Waals surface area contributed by atoms with Gasteiger partial charge in [0.15, 0.2) is 0 Å². The Bertz CT molecular complexity index is 720. The van der Waals surface area contributed by atoms with Crippen LogP contribution in [0.4, 0.5) is 10.6 Å². The number of carbonyl (C=O) groups excluding carboxylic acids is 1. The van der Waals surface area contributed by atoms with Crippen molar-refractivity contribution in [3.8, 4) is 0 Å². The van der Waals surface area contributed by atoms with Crippen molar-refractivity contribution in [2.24, 2.45) is 0 Å². The molecule has 0 aromatic carbocycles. The predicted molar refractivity (Wildman–Crippen MR) is 93.9 cm³/mol. The van der Waals surface area contributed by atoms with Crippen LogP contribution in [0.25, 0.3) is 0 Å². The number of rotatable bonds is 0. The lowest BCUT2D eigenvalue weighted by Gasteiger charge is -2.42. The van der Waals surface area contributed by atoms with Crippen LogP contribution >= 0.6 is 16.1 Å². The van der Waals surface area contributed by atoms with Gasteiger partial charge in [-0.3, -0.25) is 3.93 Å². The molecule has 0 saturated carbocycles. The lowest BCUT2D eigenvalue weighted by molar-refractivity contribution is 0.0284. The molecule has 1 spiro atoms. The number of fused-ring (bicyclic) bond motifs is 1. The van der Waals surface area contributed by atoms with E-state index >= 15 is 0 Å². The van der Waals surface area contributed by atoms with Crippen LogP contribution in [-0.4, -0.2) is 40.2 Å². The molecular weight excluding hydrogens is 358 g/mol. The minimum absolute atomic E-state index is 0.0831. The van der Waals surface area contributed by atoms with E-state index in [1.54, 1.807) is 11.0 Å². The molecule has 0 bridgehead atoms. The zero-order valence-corrected chi connectivity index (χ0v) is 15.3. The molecule has 1 amide bonds. The molecule has 6 heteroatoms. The standard InChI is InChI=1S/C17H24BrN3O2/c1-12-5-6-13-7-8-17(21(18)14(13)19-12)9-10-20(11-17)15(22)23-16(2,3)4/h5-6H,7-11H2,1-4H3/i1D3. The molecule has 23 heavy (non-hydrogen) atoms. The van der Waals surface area contributed by atoms with Gasteiger partial charge in [-0.2, -0.15) is 0 Å². The monoisotopic (exact) mass is 384 g/mol. The Kier molecular flexibility index (Phi) is 3.21. The molecule has 1 saturated heterocycles. The molecular formula is C17H24BrN3O2. The van der Waals surface area contributed by atoms with E-state index in [2.05, 4.69) is 21.1 Å². The Morgan fingerprint density at radius 3 is 2.91 bits per heavy atom. The molecule has 3 rings (SSSR count). The second kappa shape index (κ2) is 5.65. The van der Waals surface area contributed by atoms with Crippen molar-refractivity contribution in [3.63, 3.8) is 0 Å². The predicted octanol–water partition coefficient (Wildman–Crippen LogP) is 3.83. The SMILES string of the molecule is [2H]C([2H])([2H])c1ccc2c(n1)N(Br)C1(CC2)CCN(C(=O)OC(C)(C)C)C1. The number of hydrogen-bond acceptors (Lipinski definition) is 4. The molecule has 1 aromatic rings. The maximum absolute atomic E-state index is 12.4. The highest BCUT2D eigenvalue weighted by Gasteiger charge is 2.47. The molecule has 1 fully saturated rings. The number of aryl methyl sites for hydroxylation is 2. The number of likely N-dealkylation sites (tertiary alicyclic amines) is 1. The van der Waals surface area contributed by atoms with E-state index in [1.165, 1.54) is 0 Å². The van der Waals surface area contributed by atoms with Gasteiger partial charge in [0.05, 0.1) is 21.7 Å². The van der Waals surface area contributed by atoms with E-state index in [9.17, 15) is 4.79 Å². The fraction of sp³-hybridized carbons (Fsp3) is 0.647. The van der Waals surface area contributed by atoms with Gasteiger partial charge < -0.3 is 9.64 Å². The van der Waals surface area contributed by atoms with Gasteiger partial charge in [0.2, 0.25) is 0 Å². The molecule has 1 atom stereocenters. The Labute approximate surface area is 150 Å². The summed E-state index contributed by atoms with van der Waals surface area (Å²) in [5, 5.41) is 0. The van der Waals surface area contributed by atoms with Crippen LogP contribution in [0.1, 0.15) is 49.0 Å². The fourth-order valence-corrected chi connectivity index (χ4v) is 4.01. The maximum Gasteiger partial charge on any atom is 0.410 e. The summed E-state index contributed by atoms with van der Waals surface area (Å²) in [4.78, 5) is 18.5. The Balaban J connectivity index is 1.83. The highest BCUT2D eigenvalue weighted by molar-refractivity contribution is 9.10. The number of aromatic nitrogens is 1. The second-order valence-corrected chi connectivity index (χ2v) is 8.05. The minimum Gasteiger partial charge on any atom is -0.444 e. The van der Waals surface area contributed by atoms with Gasteiger partial charge in [-0.1, -0.05) is 6.07 Å². The van der Waals surface area contributed by atoms with Gasteiger partial charge in [-0.25, -0.2) is 9.78 Å². The minimum atomic E-state index is -2.24. The molecule has 1 unspecified atom stereocenters. The third kappa shape index (κ3) is 3.18. The lowest BCUT2D eigenvalue weighted by atomic mass is 9.86. The first-order valence-corrected chi connectivity index (χ1v) is 8.57. The Morgan fingerprint density at radius 1 is 1.43 bits per heavy atom. The van der Waals surface area contributed by atoms with E-state index in [1.807, 2.05) is 30.8 Å². The number of amides is 1. The molecule has 0 aliphatic carbocycles. The van der Waals surface area contributed by atoms with E-state index in [-0.39, 0.29) is 17.3 Å². The van der Waals surface area contributed by atoms with E-state index in [4.69, 9.17) is 8.85 Å². The van der Waals surface area contributed by atoms with Crippen LogP contribution in [-0.2, 0) is 11.2 Å². The van der Waals surface area contributed by atoms with Crippen LogP contribution < -0.4 is 3.93 Å². The van der Waals surface area contributed by atoms with E-state index in [0.29, 0.717) is 18.9 Å². The highest BCUT2D eigenvalue weighted by atomic mass is 79.9. The molecule has 0 N–H and O–H groups in total. The quantitative estimate of drug-likeness (QED) is 0.637. The van der Waals surface area contributed by atoms with Crippen LogP contribution in [0, 0.1) is 6.85 Å². The molecule has 0 radical (unpaired) electrons. The number of anilines is 1. The normalized spacial score (nSPS) is 26.5. The van der Waals surface area contributed by atoms with Crippen molar-refractivity contribution in [3.05, 3.63) is 23.4 Å². The first kappa shape index (κ1) is 13.0. The third-order valence-electron chi connectivity index (χ3n) is 4.40. The van der Waals surface area contributed by atoms with Crippen molar-refractivity contribution in [2.45, 2.75) is 58.0 Å². The highest BCUT2D eigenvalue weighted by Crippen LogP contribution is 2.43. The van der Waals surface area contributed by atoms with Crippen molar-refractivity contribution in [2.75, 3.05) is 17.0 Å². The Morgan fingerprint density at radius 2 is 2.22 bits per heavy atom. The van der Waals surface area contributed by atoms with Crippen LogP contribution in [0.3, 0.4) is 0 Å². The number of hydrogen-bond donors (Lipinski definition) is 0. The van der Waals surface area contributed by atoms with E-state index < -0.39 is 12.5 Å². The summed E-state index contributed by atoms with van der Waals surface area (Å²) in [6.45, 7) is 4.43. The van der Waals surface area contributed by atoms with Gasteiger partial charge in [0, 0.05) is 22.9 Å². The number of ether oxygens (including phenoxy) is 1. The largest absolute Gasteiger partial charge is 0.444 e. The van der Waals surface area contributed by atoms with Crippen LogP contribution in [0.15, 0.2) is 12.1 Å². The summed E-state index contributed by atoms with van der Waals surface area (Å²) in [7, 11) is 0. The first-order valence-electron chi connectivity index (χ1n) is 9.36. The van der Waals surface area contributed by atoms with Crippen molar-refractivity contribution >= 4 is 28.1 Å². The molecule has 126 valence electrons. The third-order valence-corrected chi connectivity index (χ3v) is 5.49. The Hall–Kier alpha value is -1.30. The molecule has 5 nitrogen and oxygen atoms in total. The lowest BCUT2D eigenvalue weighted by Crippen LogP contribution is -2.50. The average Bonchev–Trinajstić information content (AvgIpc) is 2.94.